The van der Waals surface area contributed by atoms with Gasteiger partial charge in [-0.1, -0.05) is 93.4 Å². The maximum Gasteiger partial charge on any atom is 0.0189 e. The monoisotopic (exact) mass is 307 g/mol. The average molecular weight is 307 g/mol. The van der Waals surface area contributed by atoms with Crippen molar-refractivity contribution in [2.24, 2.45) is 5.73 Å². The summed E-state index contributed by atoms with van der Waals surface area (Å²) in [7, 11) is 0. The van der Waals surface area contributed by atoms with Crippen LogP contribution in [0.3, 0.4) is 0 Å². The van der Waals surface area contributed by atoms with Gasteiger partial charge in [0.15, 0.2) is 0 Å². The minimum atomic E-state index is -0.0850. The van der Waals surface area contributed by atoms with Crippen molar-refractivity contribution in [2.45, 2.75) is 51.5 Å². The fourth-order valence-corrected chi connectivity index (χ4v) is 3.27. The lowest BCUT2D eigenvalue weighted by molar-refractivity contribution is 0.361. The molecular weight excluding hydrogens is 278 g/mol. The summed E-state index contributed by atoms with van der Waals surface area (Å²) in [5, 5.41) is 0. The van der Waals surface area contributed by atoms with E-state index in [1.54, 1.807) is 0 Å². The molecule has 2 rings (SSSR count). The van der Waals surface area contributed by atoms with E-state index in [-0.39, 0.29) is 5.54 Å². The second kappa shape index (κ2) is 8.69. The molecular formula is C22H29N. The van der Waals surface area contributed by atoms with Crippen molar-refractivity contribution in [3.8, 4) is 0 Å². The van der Waals surface area contributed by atoms with Crippen LogP contribution in [0.5, 0.6) is 0 Å². The van der Waals surface area contributed by atoms with Gasteiger partial charge in [0.25, 0.3) is 0 Å². The Kier molecular flexibility index (Phi) is 6.61. The van der Waals surface area contributed by atoms with E-state index in [0.717, 1.165) is 32.1 Å². The van der Waals surface area contributed by atoms with Gasteiger partial charge in [0.05, 0.1) is 0 Å². The zero-order valence-corrected chi connectivity index (χ0v) is 14.5. The summed E-state index contributed by atoms with van der Waals surface area (Å²) in [6.07, 6.45) is 7.69. The molecule has 2 N–H and O–H groups in total. The van der Waals surface area contributed by atoms with Crippen molar-refractivity contribution in [3.05, 3.63) is 77.9 Å². The first-order valence-corrected chi connectivity index (χ1v) is 8.78. The lowest BCUT2D eigenvalue weighted by atomic mass is 9.84. The van der Waals surface area contributed by atoms with E-state index < -0.39 is 0 Å². The molecule has 0 radical (unpaired) electrons. The van der Waals surface area contributed by atoms with Gasteiger partial charge >= 0.3 is 0 Å². The predicted molar refractivity (Wildman–Crippen MR) is 101 cm³/mol. The smallest absolute Gasteiger partial charge is 0.0189 e. The fourth-order valence-electron chi connectivity index (χ4n) is 3.27. The summed E-state index contributed by atoms with van der Waals surface area (Å²) in [6.45, 7) is 4.44. The molecule has 0 fully saturated rings. The fraction of sp³-hybridized carbons (Fsp3) is 0.364. The third-order valence-corrected chi connectivity index (χ3v) is 4.38. The first-order chi connectivity index (χ1) is 11.2. The van der Waals surface area contributed by atoms with Crippen molar-refractivity contribution in [2.75, 3.05) is 0 Å². The highest BCUT2D eigenvalue weighted by Crippen LogP contribution is 2.28. The Labute approximate surface area is 141 Å². The van der Waals surface area contributed by atoms with Gasteiger partial charge in [0.1, 0.15) is 0 Å². The van der Waals surface area contributed by atoms with Crippen LogP contribution in [0.1, 0.15) is 57.1 Å². The highest BCUT2D eigenvalue weighted by atomic mass is 14.7. The van der Waals surface area contributed by atoms with Crippen LogP contribution in [-0.2, 0) is 0 Å². The van der Waals surface area contributed by atoms with Crippen LogP contribution in [0.2, 0.25) is 0 Å². The maximum atomic E-state index is 6.68. The summed E-state index contributed by atoms with van der Waals surface area (Å²) >= 11 is 0. The van der Waals surface area contributed by atoms with Gasteiger partial charge in [-0.2, -0.15) is 0 Å². The molecule has 0 aliphatic rings. The van der Waals surface area contributed by atoms with Crippen molar-refractivity contribution >= 4 is 5.57 Å². The molecule has 0 aliphatic carbocycles. The van der Waals surface area contributed by atoms with Gasteiger partial charge in [0.2, 0.25) is 0 Å². The van der Waals surface area contributed by atoms with E-state index in [1.807, 2.05) is 0 Å². The molecule has 0 saturated heterocycles. The van der Waals surface area contributed by atoms with E-state index in [2.05, 4.69) is 80.6 Å². The highest BCUT2D eigenvalue weighted by Gasteiger charge is 2.21. The normalized spacial score (nSPS) is 11.3. The largest absolute Gasteiger partial charge is 0.325 e. The molecule has 0 heterocycles. The molecule has 122 valence electrons. The van der Waals surface area contributed by atoms with E-state index >= 15 is 0 Å². The second-order valence-electron chi connectivity index (χ2n) is 6.42. The van der Waals surface area contributed by atoms with Gasteiger partial charge in [-0.3, -0.25) is 0 Å². The van der Waals surface area contributed by atoms with Gasteiger partial charge in [-0.05, 0) is 36.0 Å². The zero-order valence-electron chi connectivity index (χ0n) is 14.5. The third-order valence-electron chi connectivity index (χ3n) is 4.38. The molecule has 0 spiro atoms. The van der Waals surface area contributed by atoms with Crippen LogP contribution in [-0.4, -0.2) is 5.54 Å². The first-order valence-electron chi connectivity index (χ1n) is 8.78. The van der Waals surface area contributed by atoms with Crippen molar-refractivity contribution < 1.29 is 0 Å². The number of rotatable bonds is 8. The molecule has 1 nitrogen and oxygen atoms in total. The molecule has 0 amide bonds. The topological polar surface area (TPSA) is 26.0 Å². The van der Waals surface area contributed by atoms with Crippen molar-refractivity contribution in [1.82, 2.24) is 0 Å². The zero-order chi connectivity index (χ0) is 16.5. The van der Waals surface area contributed by atoms with Gasteiger partial charge < -0.3 is 5.73 Å². The van der Waals surface area contributed by atoms with Crippen LogP contribution in [0.25, 0.3) is 5.57 Å². The van der Waals surface area contributed by atoms with E-state index in [1.165, 1.54) is 16.7 Å². The van der Waals surface area contributed by atoms with E-state index in [9.17, 15) is 0 Å². The third kappa shape index (κ3) is 5.07. The summed E-state index contributed by atoms with van der Waals surface area (Å²) in [4.78, 5) is 0. The van der Waals surface area contributed by atoms with Crippen LogP contribution < -0.4 is 5.73 Å². The first kappa shape index (κ1) is 17.5. The summed E-state index contributed by atoms with van der Waals surface area (Å²) in [6, 6.07) is 21.2. The molecule has 0 bridgehead atoms. The van der Waals surface area contributed by atoms with Crippen LogP contribution in [0.15, 0.2) is 66.7 Å². The Morgan fingerprint density at radius 1 is 0.826 bits per heavy atom. The predicted octanol–water partition coefficient (Wildman–Crippen LogP) is 5.81. The molecule has 2 aromatic carbocycles. The number of hydrogen-bond acceptors (Lipinski definition) is 1. The molecule has 1 heteroatoms. The molecule has 0 saturated carbocycles. The minimum Gasteiger partial charge on any atom is -0.325 e. The van der Waals surface area contributed by atoms with Crippen LogP contribution in [0, 0.1) is 0 Å². The molecule has 0 aliphatic heterocycles. The quantitative estimate of drug-likeness (QED) is 0.654. The van der Waals surface area contributed by atoms with Gasteiger partial charge in [-0.15, -0.1) is 0 Å². The van der Waals surface area contributed by atoms with Gasteiger partial charge in [0, 0.05) is 5.54 Å². The van der Waals surface area contributed by atoms with Crippen molar-refractivity contribution in [3.63, 3.8) is 0 Å². The van der Waals surface area contributed by atoms with Gasteiger partial charge in [-0.25, -0.2) is 0 Å². The summed E-state index contributed by atoms with van der Waals surface area (Å²) in [5.41, 5.74) is 10.4. The number of nitrogens with two attached hydrogens (primary N) is 1. The molecule has 0 unspecified atom stereocenters. The Morgan fingerprint density at radius 3 is 1.65 bits per heavy atom. The Morgan fingerprint density at radius 2 is 1.26 bits per heavy atom. The van der Waals surface area contributed by atoms with E-state index in [0.29, 0.717) is 0 Å². The maximum absolute atomic E-state index is 6.68. The molecule has 0 aromatic heterocycles. The Hall–Kier alpha value is -1.86. The number of benzene rings is 2. The average Bonchev–Trinajstić information content (AvgIpc) is 2.57. The second-order valence-corrected chi connectivity index (χ2v) is 6.42. The molecule has 2 aromatic rings. The van der Waals surface area contributed by atoms with E-state index in [4.69, 9.17) is 5.73 Å². The van der Waals surface area contributed by atoms with Crippen LogP contribution in [0.4, 0.5) is 0 Å². The SMILES string of the molecule is CCCC(N)(CC=C(c1ccccc1)c1ccccc1)CCC. The standard InChI is InChI=1S/C22H29N/c1-3-16-22(23,17-4-2)18-15-21(19-11-7-5-8-12-19)20-13-9-6-10-14-20/h5-15H,3-4,16-18,23H2,1-2H3. The minimum absolute atomic E-state index is 0.0850. The molecule has 0 atom stereocenters. The van der Waals surface area contributed by atoms with Crippen LogP contribution >= 0.6 is 0 Å². The highest BCUT2D eigenvalue weighted by molar-refractivity contribution is 5.79. The summed E-state index contributed by atoms with van der Waals surface area (Å²) in [5.74, 6) is 0. The Bertz CT molecular complexity index is 551. The number of hydrogen-bond donors (Lipinski definition) is 1. The summed E-state index contributed by atoms with van der Waals surface area (Å²) < 4.78 is 0. The Balaban J connectivity index is 2.34. The lowest BCUT2D eigenvalue weighted by Crippen LogP contribution is -2.39. The van der Waals surface area contributed by atoms with Crippen molar-refractivity contribution in [1.29, 1.82) is 0 Å². The molecule has 23 heavy (non-hydrogen) atoms. The lowest BCUT2D eigenvalue weighted by Gasteiger charge is -2.28.